The zero-order valence-corrected chi connectivity index (χ0v) is 23.4. The van der Waals surface area contributed by atoms with Crippen molar-refractivity contribution < 1.29 is 27.8 Å². The van der Waals surface area contributed by atoms with Crippen molar-refractivity contribution in [3.63, 3.8) is 0 Å². The minimum Gasteiger partial charge on any atom is -0.481 e. The average molecular weight is 583 g/mol. The smallest absolute Gasteiger partial charge is 0.304 e. The van der Waals surface area contributed by atoms with Gasteiger partial charge in [0.05, 0.1) is 26.2 Å². The highest BCUT2D eigenvalue weighted by molar-refractivity contribution is 7.89. The first-order valence-corrected chi connectivity index (χ1v) is 14.6. The normalized spacial score (nSPS) is 18.5. The van der Waals surface area contributed by atoms with Crippen molar-refractivity contribution in [3.05, 3.63) is 87.8 Å². The molecular weight excluding hydrogens is 556 g/mol. The first-order valence-electron chi connectivity index (χ1n) is 12.7. The number of fused-ring (bicyclic) bond motifs is 2. The average Bonchev–Trinajstić information content (AvgIpc) is 3.24. The van der Waals surface area contributed by atoms with Crippen LogP contribution in [0.3, 0.4) is 0 Å². The summed E-state index contributed by atoms with van der Waals surface area (Å²) in [5.41, 5.74) is 2.74. The van der Waals surface area contributed by atoms with Gasteiger partial charge in [-0.3, -0.25) is 9.20 Å². The van der Waals surface area contributed by atoms with Gasteiger partial charge in [0.1, 0.15) is 16.5 Å². The van der Waals surface area contributed by atoms with Crippen LogP contribution in [0.5, 0.6) is 5.75 Å². The van der Waals surface area contributed by atoms with Crippen LogP contribution in [0.25, 0.3) is 5.65 Å². The van der Waals surface area contributed by atoms with E-state index in [9.17, 15) is 18.3 Å². The molecule has 10 nitrogen and oxygen atoms in total. The van der Waals surface area contributed by atoms with Crippen molar-refractivity contribution in [3.8, 4) is 5.75 Å². The zero-order valence-electron chi connectivity index (χ0n) is 21.9. The molecule has 1 fully saturated rings. The first kappa shape index (κ1) is 26.7. The van der Waals surface area contributed by atoms with E-state index in [-0.39, 0.29) is 37.6 Å². The Bertz CT molecular complexity index is 1750. The Labute approximate surface area is 236 Å². The molecule has 2 aromatic carbocycles. The van der Waals surface area contributed by atoms with E-state index in [4.69, 9.17) is 21.1 Å². The molecule has 208 valence electrons. The Morgan fingerprint density at radius 1 is 1.15 bits per heavy atom. The zero-order chi connectivity index (χ0) is 28.2. The van der Waals surface area contributed by atoms with Crippen LogP contribution in [0.4, 0.5) is 0 Å². The second-order valence-electron chi connectivity index (χ2n) is 10.3. The molecule has 0 unspecified atom stereocenters. The Morgan fingerprint density at radius 2 is 1.93 bits per heavy atom. The summed E-state index contributed by atoms with van der Waals surface area (Å²) in [4.78, 5) is 12.1. The lowest BCUT2D eigenvalue weighted by atomic mass is 9.86. The Kier molecular flexibility index (Phi) is 6.57. The summed E-state index contributed by atoms with van der Waals surface area (Å²) < 4.78 is 42.4. The number of halogens is 1. The van der Waals surface area contributed by atoms with Crippen LogP contribution in [0.15, 0.2) is 59.6 Å². The number of carboxylic acid groups (broad SMARTS) is 1. The molecule has 2 aliphatic heterocycles. The molecule has 1 spiro atoms. The molecule has 2 aromatic heterocycles. The molecule has 1 atom stereocenters. The first-order chi connectivity index (χ1) is 19.1. The number of pyridine rings is 1. The quantitative estimate of drug-likeness (QED) is 0.362. The van der Waals surface area contributed by atoms with E-state index >= 15 is 0 Å². The lowest BCUT2D eigenvalue weighted by Gasteiger charge is -2.41. The van der Waals surface area contributed by atoms with Gasteiger partial charge in [-0.2, -0.15) is 4.31 Å². The van der Waals surface area contributed by atoms with Gasteiger partial charge < -0.3 is 14.6 Å². The predicted octanol–water partition coefficient (Wildman–Crippen LogP) is 3.96. The summed E-state index contributed by atoms with van der Waals surface area (Å²) in [6.45, 7) is 4.35. The fraction of sp³-hybridized carbons (Fsp3) is 0.321. The van der Waals surface area contributed by atoms with E-state index in [2.05, 4.69) is 10.2 Å². The number of sulfonamides is 1. The van der Waals surface area contributed by atoms with E-state index < -0.39 is 27.5 Å². The van der Waals surface area contributed by atoms with E-state index in [0.717, 1.165) is 17.0 Å². The maximum absolute atomic E-state index is 13.8. The second kappa shape index (κ2) is 9.84. The summed E-state index contributed by atoms with van der Waals surface area (Å²) in [6, 6.07) is 13.7. The van der Waals surface area contributed by atoms with Crippen molar-refractivity contribution in [2.24, 2.45) is 0 Å². The third kappa shape index (κ3) is 4.52. The number of hydrogen-bond acceptors (Lipinski definition) is 7. The molecule has 4 heterocycles. The summed E-state index contributed by atoms with van der Waals surface area (Å²) in [6.07, 6.45) is 1.66. The van der Waals surface area contributed by atoms with Crippen LogP contribution in [0.2, 0.25) is 5.02 Å². The van der Waals surface area contributed by atoms with Gasteiger partial charge in [0.2, 0.25) is 10.0 Å². The number of aliphatic carboxylic acids is 1. The van der Waals surface area contributed by atoms with Crippen molar-refractivity contribution in [1.29, 1.82) is 0 Å². The van der Waals surface area contributed by atoms with Gasteiger partial charge in [0, 0.05) is 23.7 Å². The molecule has 0 saturated carbocycles. The number of hydrogen-bond donors (Lipinski definition) is 1. The fourth-order valence-corrected chi connectivity index (χ4v) is 7.26. The summed E-state index contributed by atoms with van der Waals surface area (Å²) in [5, 5.41) is 18.6. The van der Waals surface area contributed by atoms with Gasteiger partial charge in [-0.05, 0) is 60.4 Å². The molecule has 0 bridgehead atoms. The van der Waals surface area contributed by atoms with Gasteiger partial charge in [-0.25, -0.2) is 8.42 Å². The topological polar surface area (TPSA) is 123 Å². The molecule has 2 aliphatic rings. The molecule has 0 aliphatic carbocycles. The van der Waals surface area contributed by atoms with E-state index in [1.807, 2.05) is 30.5 Å². The predicted molar refractivity (Wildman–Crippen MR) is 146 cm³/mol. The van der Waals surface area contributed by atoms with Crippen molar-refractivity contribution in [2.75, 3.05) is 19.8 Å². The number of nitrogens with zero attached hydrogens (tertiary/aromatic N) is 4. The van der Waals surface area contributed by atoms with Crippen LogP contribution in [-0.2, 0) is 26.1 Å². The van der Waals surface area contributed by atoms with Crippen molar-refractivity contribution >= 4 is 33.2 Å². The standard InChI is InChI=1S/C28H27ClN4O6S/c1-17-21(9-10-33-18(2)30-31-27(17)33)22(12-26(34)35)19-7-8-23(29)20(11-19)13-32-14-28(15-38-16-28)39-24-5-3-4-6-25(24)40(32,36)37/h3-11,22H,12-16H2,1-2H3,(H,34,35)/t22-/m0/s1. The molecule has 4 aromatic rings. The number of ether oxygens (including phenoxy) is 2. The molecule has 1 saturated heterocycles. The van der Waals surface area contributed by atoms with Gasteiger partial charge in [-0.1, -0.05) is 35.9 Å². The number of benzene rings is 2. The Hall–Kier alpha value is -3.51. The van der Waals surface area contributed by atoms with Crippen molar-refractivity contribution in [1.82, 2.24) is 18.9 Å². The number of carboxylic acids is 1. The molecule has 0 amide bonds. The minimum atomic E-state index is -3.93. The maximum atomic E-state index is 13.8. The number of aromatic nitrogens is 3. The highest BCUT2D eigenvalue weighted by Gasteiger charge is 2.49. The Balaban J connectivity index is 1.41. The van der Waals surface area contributed by atoms with E-state index in [1.54, 1.807) is 36.4 Å². The molecule has 6 rings (SSSR count). The van der Waals surface area contributed by atoms with Crippen LogP contribution >= 0.6 is 11.6 Å². The van der Waals surface area contributed by atoms with Crippen LogP contribution < -0.4 is 4.74 Å². The maximum Gasteiger partial charge on any atom is 0.304 e. The molecular formula is C28H27ClN4O6S. The third-order valence-corrected chi connectivity index (χ3v) is 9.80. The molecule has 0 radical (unpaired) electrons. The summed E-state index contributed by atoms with van der Waals surface area (Å²) in [5.74, 6) is -0.461. The number of para-hydroxylation sites is 1. The second-order valence-corrected chi connectivity index (χ2v) is 12.6. The van der Waals surface area contributed by atoms with Gasteiger partial charge in [-0.15, -0.1) is 10.2 Å². The number of carbonyl (C=O) groups is 1. The summed E-state index contributed by atoms with van der Waals surface area (Å²) in [7, 11) is -3.93. The van der Waals surface area contributed by atoms with Gasteiger partial charge >= 0.3 is 5.97 Å². The van der Waals surface area contributed by atoms with E-state index in [0.29, 0.717) is 27.5 Å². The van der Waals surface area contributed by atoms with Crippen LogP contribution in [0.1, 0.15) is 40.4 Å². The summed E-state index contributed by atoms with van der Waals surface area (Å²) >= 11 is 6.62. The van der Waals surface area contributed by atoms with E-state index in [1.165, 1.54) is 10.4 Å². The number of aryl methyl sites for hydroxylation is 2. The van der Waals surface area contributed by atoms with Crippen LogP contribution in [0, 0.1) is 13.8 Å². The van der Waals surface area contributed by atoms with Crippen molar-refractivity contribution in [2.45, 2.75) is 43.2 Å². The third-order valence-electron chi connectivity index (χ3n) is 7.60. The highest BCUT2D eigenvalue weighted by atomic mass is 35.5. The van der Waals surface area contributed by atoms with Gasteiger partial charge in [0.25, 0.3) is 0 Å². The lowest BCUT2D eigenvalue weighted by molar-refractivity contribution is -0.165. The lowest BCUT2D eigenvalue weighted by Crippen LogP contribution is -2.60. The van der Waals surface area contributed by atoms with Crippen LogP contribution in [-0.4, -0.2) is 63.8 Å². The largest absolute Gasteiger partial charge is 0.481 e. The fourth-order valence-electron chi connectivity index (χ4n) is 5.47. The number of rotatable bonds is 6. The molecule has 1 N–H and O–H groups in total. The molecule has 40 heavy (non-hydrogen) atoms. The van der Waals surface area contributed by atoms with Gasteiger partial charge in [0.15, 0.2) is 11.2 Å². The Morgan fingerprint density at radius 3 is 2.65 bits per heavy atom. The molecule has 12 heteroatoms. The SMILES string of the molecule is Cc1c([C@@H](CC(=O)O)c2ccc(Cl)c(CN3CC4(COC4)Oc4ccccc4S3(=O)=O)c2)ccn2c(C)nnc12. The monoisotopic (exact) mass is 582 g/mol. The highest BCUT2D eigenvalue weighted by Crippen LogP contribution is 2.39. The minimum absolute atomic E-state index is 0.0182.